The molecule has 1 nitrogen and oxygen atoms in total. The molecule has 0 amide bonds. The van der Waals surface area contributed by atoms with E-state index in [1.165, 1.54) is 58.6 Å². The lowest BCUT2D eigenvalue weighted by atomic mass is 9.30. The van der Waals surface area contributed by atoms with E-state index in [9.17, 15) is 5.11 Å². The summed E-state index contributed by atoms with van der Waals surface area (Å²) in [4.78, 5) is 0. The van der Waals surface area contributed by atoms with Crippen LogP contribution >= 0.6 is 0 Å². The van der Waals surface area contributed by atoms with Crippen molar-refractivity contribution in [2.75, 3.05) is 6.61 Å². The number of rotatable bonds is 1. The van der Waals surface area contributed by atoms with E-state index in [0.717, 1.165) is 5.82 Å². The van der Waals surface area contributed by atoms with Crippen molar-refractivity contribution >= 4 is 7.28 Å². The summed E-state index contributed by atoms with van der Waals surface area (Å²) in [6.45, 7) is 0.448. The Bertz CT molecular complexity index is 158. The van der Waals surface area contributed by atoms with Gasteiger partial charge in [-0.3, -0.25) is 0 Å². The second kappa shape index (κ2) is 4.04. The molecular formula is C11H21BO. The summed E-state index contributed by atoms with van der Waals surface area (Å²) in [5, 5.41) is 9.74. The molecule has 0 aromatic heterocycles. The van der Waals surface area contributed by atoms with Crippen molar-refractivity contribution in [3.63, 3.8) is 0 Å². The number of hydrogen-bond donors (Lipinski definition) is 1. The molecule has 2 heteroatoms. The summed E-state index contributed by atoms with van der Waals surface area (Å²) in [7, 11) is 1.32. The first-order valence-electron chi connectivity index (χ1n) is 5.96. The van der Waals surface area contributed by atoms with Gasteiger partial charge in [0.1, 0.15) is 7.28 Å². The highest BCUT2D eigenvalue weighted by molar-refractivity contribution is 6.46. The summed E-state index contributed by atoms with van der Waals surface area (Å²) < 4.78 is 0. The summed E-state index contributed by atoms with van der Waals surface area (Å²) >= 11 is 0. The van der Waals surface area contributed by atoms with Crippen LogP contribution in [-0.2, 0) is 0 Å². The van der Waals surface area contributed by atoms with Crippen molar-refractivity contribution in [2.24, 2.45) is 0 Å². The Labute approximate surface area is 82.2 Å². The van der Waals surface area contributed by atoms with Crippen molar-refractivity contribution in [1.29, 1.82) is 0 Å². The molecule has 13 heavy (non-hydrogen) atoms. The van der Waals surface area contributed by atoms with Crippen LogP contribution in [0.5, 0.6) is 0 Å². The van der Waals surface area contributed by atoms with Gasteiger partial charge in [-0.1, -0.05) is 57.2 Å². The second-order valence-electron chi connectivity index (χ2n) is 5.24. The number of aliphatic hydroxyl groups is 1. The monoisotopic (exact) mass is 180 g/mol. The third-order valence-corrected chi connectivity index (χ3v) is 4.10. The molecule has 2 saturated heterocycles. The fourth-order valence-electron chi connectivity index (χ4n) is 3.24. The summed E-state index contributed by atoms with van der Waals surface area (Å²) in [6.07, 6.45) is 11.1. The molecule has 1 N–H and O–H groups in total. The normalized spacial score (nSPS) is 40.2. The highest BCUT2D eigenvalue weighted by atomic mass is 16.3. The van der Waals surface area contributed by atoms with Crippen LogP contribution in [0.25, 0.3) is 0 Å². The highest BCUT2D eigenvalue weighted by Gasteiger charge is 2.43. The van der Waals surface area contributed by atoms with Gasteiger partial charge < -0.3 is 5.11 Å². The third-order valence-electron chi connectivity index (χ3n) is 4.10. The molecule has 2 unspecified atom stereocenters. The molecular weight excluding hydrogens is 159 g/mol. The molecule has 74 valence electrons. The maximum Gasteiger partial charge on any atom is 0.134 e. The zero-order valence-corrected chi connectivity index (χ0v) is 8.60. The minimum Gasteiger partial charge on any atom is -0.397 e. The number of fused-ring (bicyclic) bond motifs is 6. The van der Waals surface area contributed by atoms with Crippen LogP contribution in [0.3, 0.4) is 0 Å². The van der Waals surface area contributed by atoms with Crippen LogP contribution < -0.4 is 0 Å². The van der Waals surface area contributed by atoms with Gasteiger partial charge in [-0.25, -0.2) is 0 Å². The van der Waals surface area contributed by atoms with Crippen LogP contribution in [0.15, 0.2) is 0 Å². The van der Waals surface area contributed by atoms with Gasteiger partial charge in [0.15, 0.2) is 0 Å². The molecule has 1 aliphatic carbocycles. The fourth-order valence-corrected chi connectivity index (χ4v) is 3.24. The molecule has 2 bridgehead atoms. The molecule has 2 atom stereocenters. The van der Waals surface area contributed by atoms with Crippen molar-refractivity contribution in [3.8, 4) is 0 Å². The SMILES string of the molecule is OCC12BC(CCCCCCC1)C2. The molecule has 2 aliphatic heterocycles. The zero-order chi connectivity index (χ0) is 9.15. The Morgan fingerprint density at radius 1 is 1.15 bits per heavy atom. The maximum absolute atomic E-state index is 9.37. The minimum absolute atomic E-state index is 0.377. The molecule has 0 aromatic rings. The van der Waals surface area contributed by atoms with E-state index in [1.807, 2.05) is 0 Å². The topological polar surface area (TPSA) is 20.2 Å². The minimum atomic E-state index is 0.377. The van der Waals surface area contributed by atoms with E-state index in [2.05, 4.69) is 0 Å². The van der Waals surface area contributed by atoms with Crippen molar-refractivity contribution < 1.29 is 5.11 Å². The fraction of sp³-hybridized carbons (Fsp3) is 1.00. The molecule has 3 fully saturated rings. The number of hydrogen-bond acceptors (Lipinski definition) is 1. The standard InChI is InChI=1S/C11H21BO/c13-9-11-7-5-3-1-2-4-6-10(8-11)12-11/h10,12-13H,1-9H2. The summed E-state index contributed by atoms with van der Waals surface area (Å²) in [6, 6.07) is 0. The van der Waals surface area contributed by atoms with Crippen LogP contribution in [0.1, 0.15) is 51.4 Å². The van der Waals surface area contributed by atoms with Gasteiger partial charge in [0.05, 0.1) is 0 Å². The third kappa shape index (κ3) is 2.09. The quantitative estimate of drug-likeness (QED) is 0.614. The largest absolute Gasteiger partial charge is 0.397 e. The van der Waals surface area contributed by atoms with E-state index >= 15 is 0 Å². The van der Waals surface area contributed by atoms with Gasteiger partial charge in [-0.2, -0.15) is 0 Å². The smallest absolute Gasteiger partial charge is 0.134 e. The first-order chi connectivity index (χ1) is 6.35. The second-order valence-corrected chi connectivity index (χ2v) is 5.24. The van der Waals surface area contributed by atoms with Gasteiger partial charge >= 0.3 is 0 Å². The van der Waals surface area contributed by atoms with Gasteiger partial charge in [0.2, 0.25) is 0 Å². The van der Waals surface area contributed by atoms with E-state index in [1.54, 1.807) is 0 Å². The summed E-state index contributed by atoms with van der Waals surface area (Å²) in [5.74, 6) is 0.963. The average molecular weight is 180 g/mol. The molecule has 0 radical (unpaired) electrons. The number of aliphatic hydroxyl groups excluding tert-OH is 1. The highest BCUT2D eigenvalue weighted by Crippen LogP contribution is 2.54. The Morgan fingerprint density at radius 2 is 1.85 bits per heavy atom. The van der Waals surface area contributed by atoms with Crippen molar-refractivity contribution in [2.45, 2.75) is 62.5 Å². The van der Waals surface area contributed by atoms with Crippen molar-refractivity contribution in [3.05, 3.63) is 0 Å². The van der Waals surface area contributed by atoms with Crippen LogP contribution in [0, 0.1) is 0 Å². The average Bonchev–Trinajstić information content (AvgIpc) is 2.13. The molecule has 3 aliphatic rings. The van der Waals surface area contributed by atoms with Gasteiger partial charge in [0.25, 0.3) is 0 Å². The van der Waals surface area contributed by atoms with Crippen LogP contribution in [-0.4, -0.2) is 19.0 Å². The van der Waals surface area contributed by atoms with Gasteiger partial charge in [0, 0.05) is 6.61 Å². The molecule has 0 spiro atoms. The first-order valence-corrected chi connectivity index (χ1v) is 5.96. The maximum atomic E-state index is 9.37. The Hall–Kier alpha value is 0.0249. The summed E-state index contributed by atoms with van der Waals surface area (Å²) in [5.41, 5.74) is 0. The molecule has 2 heterocycles. The van der Waals surface area contributed by atoms with Crippen LogP contribution in [0.2, 0.25) is 11.1 Å². The first kappa shape index (κ1) is 9.58. The van der Waals surface area contributed by atoms with E-state index < -0.39 is 0 Å². The Kier molecular flexibility index (Phi) is 2.97. The Balaban J connectivity index is 1.87. The Morgan fingerprint density at radius 3 is 2.62 bits per heavy atom. The predicted octanol–water partition coefficient (Wildman–Crippen LogP) is 2.51. The lowest BCUT2D eigenvalue weighted by Gasteiger charge is -2.47. The van der Waals surface area contributed by atoms with E-state index in [-0.39, 0.29) is 0 Å². The lowest BCUT2D eigenvalue weighted by Crippen LogP contribution is -2.39. The zero-order valence-electron chi connectivity index (χ0n) is 8.60. The van der Waals surface area contributed by atoms with Crippen molar-refractivity contribution in [1.82, 2.24) is 0 Å². The van der Waals surface area contributed by atoms with E-state index in [0.29, 0.717) is 11.9 Å². The van der Waals surface area contributed by atoms with E-state index in [4.69, 9.17) is 0 Å². The van der Waals surface area contributed by atoms with Crippen LogP contribution in [0.4, 0.5) is 0 Å². The predicted molar refractivity (Wildman–Crippen MR) is 57.6 cm³/mol. The van der Waals surface area contributed by atoms with Gasteiger partial charge in [-0.15, -0.1) is 0 Å². The molecule has 0 aromatic carbocycles. The molecule has 1 saturated carbocycles. The molecule has 3 rings (SSSR count). The van der Waals surface area contributed by atoms with Gasteiger partial charge in [-0.05, 0) is 5.31 Å². The lowest BCUT2D eigenvalue weighted by molar-refractivity contribution is 0.191.